The molecule has 1 N–H and O–H groups in total. The van der Waals surface area contributed by atoms with Crippen molar-refractivity contribution in [3.63, 3.8) is 0 Å². The Labute approximate surface area is 104 Å². The molecule has 0 aliphatic rings. The van der Waals surface area contributed by atoms with Crippen molar-refractivity contribution in [3.05, 3.63) is 39.9 Å². The Morgan fingerprint density at radius 1 is 1.47 bits per heavy atom. The number of nitro groups is 1. The summed E-state index contributed by atoms with van der Waals surface area (Å²) in [6.45, 7) is 1.92. The standard InChI is InChI=1S/C11H13ClN2O3/c1-2-9(7-12)13-11(15)8-3-5-10(6-4-8)14(16)17/h3-6,9H,2,7H2,1H3,(H,13,15). The first-order valence-electron chi connectivity index (χ1n) is 5.19. The quantitative estimate of drug-likeness (QED) is 0.499. The van der Waals surface area contributed by atoms with Crippen LogP contribution in [0, 0.1) is 10.1 Å². The van der Waals surface area contributed by atoms with E-state index < -0.39 is 4.92 Å². The molecule has 0 aliphatic carbocycles. The molecule has 1 aromatic carbocycles. The molecular formula is C11H13ClN2O3. The van der Waals surface area contributed by atoms with Crippen LogP contribution in [0.1, 0.15) is 23.7 Å². The average Bonchev–Trinajstić information content (AvgIpc) is 2.35. The zero-order chi connectivity index (χ0) is 12.8. The van der Waals surface area contributed by atoms with E-state index in [-0.39, 0.29) is 17.6 Å². The summed E-state index contributed by atoms with van der Waals surface area (Å²) in [5.74, 6) is 0.0716. The van der Waals surface area contributed by atoms with Crippen LogP contribution in [-0.2, 0) is 0 Å². The molecule has 0 fully saturated rings. The zero-order valence-electron chi connectivity index (χ0n) is 9.35. The highest BCUT2D eigenvalue weighted by atomic mass is 35.5. The minimum absolute atomic E-state index is 0.0362. The van der Waals surface area contributed by atoms with Crippen LogP contribution in [-0.4, -0.2) is 22.8 Å². The largest absolute Gasteiger partial charge is 0.348 e. The van der Waals surface area contributed by atoms with Gasteiger partial charge in [-0.3, -0.25) is 14.9 Å². The third-order valence-corrected chi connectivity index (χ3v) is 2.73. The SMILES string of the molecule is CCC(CCl)NC(=O)c1ccc([N+](=O)[O-])cc1. The van der Waals surface area contributed by atoms with Gasteiger partial charge in [0.1, 0.15) is 0 Å². The third kappa shape index (κ3) is 3.71. The topological polar surface area (TPSA) is 72.2 Å². The average molecular weight is 257 g/mol. The molecular weight excluding hydrogens is 244 g/mol. The fourth-order valence-corrected chi connectivity index (χ4v) is 1.55. The van der Waals surface area contributed by atoms with E-state index in [1.807, 2.05) is 6.92 Å². The number of amides is 1. The van der Waals surface area contributed by atoms with Crippen molar-refractivity contribution in [1.29, 1.82) is 0 Å². The van der Waals surface area contributed by atoms with Crippen molar-refractivity contribution < 1.29 is 9.72 Å². The number of halogens is 1. The molecule has 0 aliphatic heterocycles. The lowest BCUT2D eigenvalue weighted by Crippen LogP contribution is -2.35. The van der Waals surface area contributed by atoms with Crippen LogP contribution in [0.15, 0.2) is 24.3 Å². The summed E-state index contributed by atoms with van der Waals surface area (Å²) in [5.41, 5.74) is 0.352. The van der Waals surface area contributed by atoms with Crippen LogP contribution in [0.4, 0.5) is 5.69 Å². The van der Waals surface area contributed by atoms with E-state index in [0.29, 0.717) is 11.4 Å². The monoisotopic (exact) mass is 256 g/mol. The molecule has 0 heterocycles. The second kappa shape index (κ2) is 6.20. The number of nitro benzene ring substituents is 1. The van der Waals surface area contributed by atoms with Crippen molar-refractivity contribution in [2.75, 3.05) is 5.88 Å². The van der Waals surface area contributed by atoms with Crippen molar-refractivity contribution in [2.45, 2.75) is 19.4 Å². The van der Waals surface area contributed by atoms with E-state index in [2.05, 4.69) is 5.32 Å². The maximum atomic E-state index is 11.7. The normalized spacial score (nSPS) is 11.9. The summed E-state index contributed by atoms with van der Waals surface area (Å²) in [6, 6.07) is 5.37. The van der Waals surface area contributed by atoms with E-state index >= 15 is 0 Å². The van der Waals surface area contributed by atoms with Crippen LogP contribution >= 0.6 is 11.6 Å². The summed E-state index contributed by atoms with van der Waals surface area (Å²) in [6.07, 6.45) is 0.738. The summed E-state index contributed by atoms with van der Waals surface area (Å²) in [7, 11) is 0. The molecule has 92 valence electrons. The minimum Gasteiger partial charge on any atom is -0.348 e. The lowest BCUT2D eigenvalue weighted by molar-refractivity contribution is -0.384. The maximum Gasteiger partial charge on any atom is 0.269 e. The molecule has 1 amide bonds. The van der Waals surface area contributed by atoms with Gasteiger partial charge in [-0.15, -0.1) is 11.6 Å². The van der Waals surface area contributed by atoms with Crippen molar-refractivity contribution in [1.82, 2.24) is 5.32 Å². The molecule has 1 aromatic rings. The smallest absolute Gasteiger partial charge is 0.269 e. The summed E-state index contributed by atoms with van der Waals surface area (Å²) < 4.78 is 0. The van der Waals surface area contributed by atoms with Crippen molar-refractivity contribution in [2.24, 2.45) is 0 Å². The Morgan fingerprint density at radius 2 is 2.06 bits per heavy atom. The number of nitrogens with one attached hydrogen (secondary N) is 1. The summed E-state index contributed by atoms with van der Waals surface area (Å²) >= 11 is 5.66. The fraction of sp³-hybridized carbons (Fsp3) is 0.364. The number of hydrogen-bond donors (Lipinski definition) is 1. The Balaban J connectivity index is 2.73. The number of rotatable bonds is 5. The first-order chi connectivity index (χ1) is 8.08. The number of carbonyl (C=O) groups excluding carboxylic acids is 1. The molecule has 6 heteroatoms. The van der Waals surface area contributed by atoms with Gasteiger partial charge in [-0.05, 0) is 18.6 Å². The van der Waals surface area contributed by atoms with Gasteiger partial charge in [0, 0.05) is 29.6 Å². The Kier molecular flexibility index (Phi) is 4.90. The molecule has 1 unspecified atom stereocenters. The van der Waals surface area contributed by atoms with E-state index in [1.54, 1.807) is 0 Å². The maximum absolute atomic E-state index is 11.7. The Morgan fingerprint density at radius 3 is 2.47 bits per heavy atom. The van der Waals surface area contributed by atoms with Gasteiger partial charge in [-0.2, -0.15) is 0 Å². The Bertz CT molecular complexity index is 402. The molecule has 0 radical (unpaired) electrons. The van der Waals surface area contributed by atoms with Gasteiger partial charge in [0.2, 0.25) is 0 Å². The molecule has 0 saturated heterocycles. The van der Waals surface area contributed by atoms with Gasteiger partial charge in [0.05, 0.1) is 4.92 Å². The molecule has 1 rings (SSSR count). The number of carbonyl (C=O) groups is 1. The third-order valence-electron chi connectivity index (χ3n) is 2.35. The van der Waals surface area contributed by atoms with Gasteiger partial charge in [0.15, 0.2) is 0 Å². The molecule has 0 bridgehead atoms. The van der Waals surface area contributed by atoms with E-state index in [9.17, 15) is 14.9 Å². The van der Waals surface area contributed by atoms with Gasteiger partial charge >= 0.3 is 0 Å². The first kappa shape index (κ1) is 13.4. The summed E-state index contributed by atoms with van der Waals surface area (Å²) in [5, 5.41) is 13.2. The van der Waals surface area contributed by atoms with Crippen LogP contribution < -0.4 is 5.32 Å². The molecule has 0 saturated carbocycles. The number of hydrogen-bond acceptors (Lipinski definition) is 3. The fourth-order valence-electron chi connectivity index (χ4n) is 1.25. The molecule has 1 atom stereocenters. The number of alkyl halides is 1. The predicted molar refractivity (Wildman–Crippen MR) is 65.4 cm³/mol. The highest BCUT2D eigenvalue weighted by Crippen LogP contribution is 2.12. The van der Waals surface area contributed by atoms with Crippen LogP contribution in [0.3, 0.4) is 0 Å². The van der Waals surface area contributed by atoms with Crippen molar-refractivity contribution >= 4 is 23.2 Å². The van der Waals surface area contributed by atoms with Crippen LogP contribution in [0.25, 0.3) is 0 Å². The zero-order valence-corrected chi connectivity index (χ0v) is 10.1. The minimum atomic E-state index is -0.505. The van der Waals surface area contributed by atoms with Gasteiger partial charge < -0.3 is 5.32 Å². The van der Waals surface area contributed by atoms with E-state index in [0.717, 1.165) is 6.42 Å². The van der Waals surface area contributed by atoms with Crippen LogP contribution in [0.5, 0.6) is 0 Å². The van der Waals surface area contributed by atoms with Crippen LogP contribution in [0.2, 0.25) is 0 Å². The van der Waals surface area contributed by atoms with E-state index in [1.165, 1.54) is 24.3 Å². The molecule has 0 aromatic heterocycles. The predicted octanol–water partition coefficient (Wildman–Crippen LogP) is 2.34. The van der Waals surface area contributed by atoms with Crippen molar-refractivity contribution in [3.8, 4) is 0 Å². The van der Waals surface area contributed by atoms with Gasteiger partial charge in [0.25, 0.3) is 11.6 Å². The molecule has 0 spiro atoms. The lowest BCUT2D eigenvalue weighted by Gasteiger charge is -2.13. The number of nitrogens with zero attached hydrogens (tertiary/aromatic N) is 1. The van der Waals surface area contributed by atoms with Gasteiger partial charge in [-0.25, -0.2) is 0 Å². The number of non-ortho nitro benzene ring substituents is 1. The molecule has 17 heavy (non-hydrogen) atoms. The highest BCUT2D eigenvalue weighted by Gasteiger charge is 2.12. The van der Waals surface area contributed by atoms with E-state index in [4.69, 9.17) is 11.6 Å². The highest BCUT2D eigenvalue weighted by molar-refractivity contribution is 6.18. The Hall–Kier alpha value is -1.62. The lowest BCUT2D eigenvalue weighted by atomic mass is 10.1. The number of benzene rings is 1. The second-order valence-corrected chi connectivity index (χ2v) is 3.85. The second-order valence-electron chi connectivity index (χ2n) is 3.54. The molecule has 5 nitrogen and oxygen atoms in total. The van der Waals surface area contributed by atoms with Gasteiger partial charge in [-0.1, -0.05) is 6.92 Å². The first-order valence-corrected chi connectivity index (χ1v) is 5.73. The summed E-state index contributed by atoms with van der Waals surface area (Å²) in [4.78, 5) is 21.6.